The summed E-state index contributed by atoms with van der Waals surface area (Å²) >= 11 is 0. The lowest BCUT2D eigenvalue weighted by atomic mass is 9.95. The summed E-state index contributed by atoms with van der Waals surface area (Å²) in [6.07, 6.45) is -30.9. The average Bonchev–Trinajstić information content (AvgIpc) is 3.01. The molecule has 0 aromatic heterocycles. The van der Waals surface area contributed by atoms with Crippen LogP contribution in [0.15, 0.2) is 0 Å². The lowest BCUT2D eigenvalue weighted by Crippen LogP contribution is -2.68. The molecule has 4 rings (SSSR count). The van der Waals surface area contributed by atoms with E-state index in [-0.39, 0.29) is 0 Å². The molecule has 4 heterocycles. The second kappa shape index (κ2) is 15.5. The van der Waals surface area contributed by atoms with E-state index in [1.807, 2.05) is 0 Å². The van der Waals surface area contributed by atoms with Crippen molar-refractivity contribution in [1.29, 1.82) is 0 Å². The minimum absolute atomic E-state index is 0.629. The molecular weight excluding hydrogens is 630 g/mol. The molecular formula is C26H45NO19. The van der Waals surface area contributed by atoms with Crippen LogP contribution in [0.5, 0.6) is 0 Å². The molecule has 4 aliphatic heterocycles. The van der Waals surface area contributed by atoms with Gasteiger partial charge in [0.15, 0.2) is 25.2 Å². The van der Waals surface area contributed by atoms with Crippen LogP contribution in [-0.4, -0.2) is 198 Å². The Morgan fingerprint density at radius 1 is 0.565 bits per heavy atom. The molecule has 1 amide bonds. The molecule has 0 bridgehead atoms. The highest BCUT2D eigenvalue weighted by molar-refractivity contribution is 5.73. The van der Waals surface area contributed by atoms with Crippen LogP contribution in [0.3, 0.4) is 0 Å². The van der Waals surface area contributed by atoms with Crippen LogP contribution in [0.25, 0.3) is 0 Å². The molecule has 0 aromatic rings. The van der Waals surface area contributed by atoms with E-state index in [9.17, 15) is 61.0 Å². The Labute approximate surface area is 262 Å². The van der Waals surface area contributed by atoms with Crippen LogP contribution in [0.4, 0.5) is 0 Å². The molecule has 268 valence electrons. The van der Waals surface area contributed by atoms with Crippen LogP contribution in [0.1, 0.15) is 20.8 Å². The third-order valence-corrected chi connectivity index (χ3v) is 8.53. The van der Waals surface area contributed by atoms with E-state index in [0.717, 1.165) is 6.92 Å². The maximum atomic E-state index is 11.6. The van der Waals surface area contributed by atoms with Crippen molar-refractivity contribution in [2.75, 3.05) is 13.2 Å². The number of aliphatic hydroxyl groups is 11. The first-order chi connectivity index (χ1) is 21.6. The zero-order chi connectivity index (χ0) is 34.2. The average molecular weight is 676 g/mol. The molecule has 46 heavy (non-hydrogen) atoms. The first-order valence-corrected chi connectivity index (χ1v) is 14.8. The maximum Gasteiger partial charge on any atom is 0.217 e. The van der Waals surface area contributed by atoms with Crippen molar-refractivity contribution in [3.63, 3.8) is 0 Å². The largest absolute Gasteiger partial charge is 0.394 e. The van der Waals surface area contributed by atoms with E-state index in [4.69, 9.17) is 33.2 Å². The number of amides is 1. The molecule has 0 aromatic carbocycles. The highest BCUT2D eigenvalue weighted by Gasteiger charge is 2.55. The molecule has 0 radical (unpaired) electrons. The van der Waals surface area contributed by atoms with E-state index in [1.165, 1.54) is 13.8 Å². The standard InChI is InChI=1S/C26H45NO19/c1-6-12(31)16(35)18(37)24(40-6)46-22-17(36)14(33)9(4-28)43-26(22)45-21-13(32)7(2)41-25(19(21)38)44-20-10(5-29)42-23(39)11(15(20)34)27-8(3)30/h6-7,9-26,28-29,31-39H,4-5H2,1-3H3,(H,27,30)/t6-,7-,9+,10+,11+,12+,13+,14-,15+,16+,17-,18-,19-,20+,21+,22+,23?,24?,25+,26-/m0/s1. The van der Waals surface area contributed by atoms with E-state index in [1.54, 1.807) is 0 Å². The van der Waals surface area contributed by atoms with Gasteiger partial charge >= 0.3 is 0 Å². The Morgan fingerprint density at radius 3 is 1.70 bits per heavy atom. The number of carbonyl (C=O) groups excluding carboxylic acids is 1. The maximum absolute atomic E-state index is 11.6. The normalized spacial score (nSPS) is 51.9. The van der Waals surface area contributed by atoms with Gasteiger partial charge < -0.3 is 94.6 Å². The zero-order valence-corrected chi connectivity index (χ0v) is 25.1. The second-order valence-corrected chi connectivity index (χ2v) is 11.8. The van der Waals surface area contributed by atoms with Crippen molar-refractivity contribution in [2.45, 2.75) is 144 Å². The predicted molar refractivity (Wildman–Crippen MR) is 143 cm³/mol. The quantitative estimate of drug-likeness (QED) is 0.108. The number of carbonyl (C=O) groups is 1. The first-order valence-electron chi connectivity index (χ1n) is 14.8. The number of aliphatic hydroxyl groups excluding tert-OH is 11. The summed E-state index contributed by atoms with van der Waals surface area (Å²) in [5.41, 5.74) is 0. The number of ether oxygens (including phenoxy) is 7. The molecule has 4 fully saturated rings. The third-order valence-electron chi connectivity index (χ3n) is 8.53. The SMILES string of the molecule is CC(=O)N[C@H]1C(O)O[C@H](CO)[C@@H](O[C@H]2O[C@@H](C)[C@@H](O)[C@@H](O[C@@H]3O[C@H](CO)[C@H](O)[C@H](O)[C@H]3OC3O[C@@H](C)[C@@H](O)[C@@H](O)[C@@H]3O)[C@@H]2O)[C@@H]1O. The third kappa shape index (κ3) is 7.64. The number of nitrogens with one attached hydrogen (secondary N) is 1. The van der Waals surface area contributed by atoms with Crippen LogP contribution in [0, 0.1) is 0 Å². The summed E-state index contributed by atoms with van der Waals surface area (Å²) in [6.45, 7) is 2.28. The Hall–Kier alpha value is -1.25. The molecule has 0 aliphatic carbocycles. The molecule has 12 N–H and O–H groups in total. The van der Waals surface area contributed by atoms with Crippen molar-refractivity contribution < 1.29 is 94.1 Å². The Balaban J connectivity index is 1.56. The highest BCUT2D eigenvalue weighted by atomic mass is 16.8. The van der Waals surface area contributed by atoms with Gasteiger partial charge in [-0.1, -0.05) is 0 Å². The van der Waals surface area contributed by atoms with Gasteiger partial charge in [-0.15, -0.1) is 0 Å². The Bertz CT molecular complexity index is 997. The minimum atomic E-state index is -1.92. The smallest absolute Gasteiger partial charge is 0.217 e. The van der Waals surface area contributed by atoms with E-state index in [0.29, 0.717) is 0 Å². The summed E-state index contributed by atoms with van der Waals surface area (Å²) in [5, 5.41) is 117. The molecule has 2 unspecified atom stereocenters. The fourth-order valence-electron chi connectivity index (χ4n) is 5.81. The van der Waals surface area contributed by atoms with Crippen molar-refractivity contribution in [3.8, 4) is 0 Å². The predicted octanol–water partition coefficient (Wildman–Crippen LogP) is -7.55. The summed E-state index contributed by atoms with van der Waals surface area (Å²) < 4.78 is 39.2. The molecule has 20 heteroatoms. The van der Waals surface area contributed by atoms with E-state index in [2.05, 4.69) is 5.32 Å². The number of rotatable bonds is 9. The van der Waals surface area contributed by atoms with Crippen LogP contribution < -0.4 is 5.32 Å². The van der Waals surface area contributed by atoms with Gasteiger partial charge in [-0.25, -0.2) is 0 Å². The van der Waals surface area contributed by atoms with Gasteiger partial charge in [0.1, 0.15) is 85.4 Å². The summed E-state index contributed by atoms with van der Waals surface area (Å²) in [6, 6.07) is -1.40. The molecule has 20 atom stereocenters. The van der Waals surface area contributed by atoms with Crippen LogP contribution in [-0.2, 0) is 38.0 Å². The van der Waals surface area contributed by atoms with Gasteiger partial charge in [-0.3, -0.25) is 4.79 Å². The fraction of sp³-hybridized carbons (Fsp3) is 0.962. The van der Waals surface area contributed by atoms with Crippen molar-refractivity contribution in [3.05, 3.63) is 0 Å². The van der Waals surface area contributed by atoms with Gasteiger partial charge in [0.2, 0.25) is 5.91 Å². The Morgan fingerprint density at radius 2 is 1.11 bits per heavy atom. The molecule has 0 saturated carbocycles. The highest BCUT2D eigenvalue weighted by Crippen LogP contribution is 2.34. The van der Waals surface area contributed by atoms with Crippen molar-refractivity contribution >= 4 is 5.91 Å². The lowest BCUT2D eigenvalue weighted by Gasteiger charge is -2.49. The molecule has 4 aliphatic rings. The van der Waals surface area contributed by atoms with E-state index >= 15 is 0 Å². The lowest BCUT2D eigenvalue weighted by molar-refractivity contribution is -0.391. The van der Waals surface area contributed by atoms with Gasteiger partial charge in [0, 0.05) is 6.92 Å². The van der Waals surface area contributed by atoms with Gasteiger partial charge in [-0.05, 0) is 13.8 Å². The summed E-state index contributed by atoms with van der Waals surface area (Å²) in [5.74, 6) is -0.629. The number of hydrogen-bond donors (Lipinski definition) is 12. The summed E-state index contributed by atoms with van der Waals surface area (Å²) in [4.78, 5) is 11.6. The first kappa shape index (κ1) is 37.6. The van der Waals surface area contributed by atoms with Gasteiger partial charge in [0.05, 0.1) is 25.4 Å². The monoisotopic (exact) mass is 675 g/mol. The number of hydrogen-bond acceptors (Lipinski definition) is 19. The van der Waals surface area contributed by atoms with Crippen molar-refractivity contribution in [2.24, 2.45) is 0 Å². The zero-order valence-electron chi connectivity index (χ0n) is 25.1. The molecule has 20 nitrogen and oxygen atoms in total. The van der Waals surface area contributed by atoms with Crippen LogP contribution in [0.2, 0.25) is 0 Å². The van der Waals surface area contributed by atoms with Gasteiger partial charge in [-0.2, -0.15) is 0 Å². The second-order valence-electron chi connectivity index (χ2n) is 11.8. The summed E-state index contributed by atoms with van der Waals surface area (Å²) in [7, 11) is 0. The van der Waals surface area contributed by atoms with E-state index < -0.39 is 142 Å². The van der Waals surface area contributed by atoms with Crippen molar-refractivity contribution in [1.82, 2.24) is 5.32 Å². The van der Waals surface area contributed by atoms with Crippen LogP contribution >= 0.6 is 0 Å². The Kier molecular flexibility index (Phi) is 12.7. The topological polar surface area (TPSA) is 316 Å². The fourth-order valence-corrected chi connectivity index (χ4v) is 5.81. The molecule has 4 saturated heterocycles. The van der Waals surface area contributed by atoms with Gasteiger partial charge in [0.25, 0.3) is 0 Å². The molecule has 0 spiro atoms. The minimum Gasteiger partial charge on any atom is -0.394 e.